The van der Waals surface area contributed by atoms with Gasteiger partial charge < -0.3 is 10.0 Å². The Morgan fingerprint density at radius 2 is 1.50 bits per heavy atom. The van der Waals surface area contributed by atoms with Crippen LogP contribution in [0.4, 0.5) is 4.39 Å². The number of benzene rings is 3. The molecule has 3 aromatic rings. The second-order valence-corrected chi connectivity index (χ2v) is 6.47. The minimum absolute atomic E-state index is 0.0879. The molecule has 0 heterocycles. The number of hydrogen-bond donors (Lipinski definition) is 1. The summed E-state index contributed by atoms with van der Waals surface area (Å²) in [7, 11) is 3.98. The lowest BCUT2D eigenvalue weighted by Gasteiger charge is -2.27. The molecule has 2 nitrogen and oxygen atoms in total. The molecule has 0 bridgehead atoms. The fourth-order valence-electron chi connectivity index (χ4n) is 3.11. The van der Waals surface area contributed by atoms with Crippen molar-refractivity contribution in [3.63, 3.8) is 0 Å². The third-order valence-corrected chi connectivity index (χ3v) is 4.36. The minimum atomic E-state index is -0.686. The molecule has 0 fully saturated rings. The van der Waals surface area contributed by atoms with E-state index in [-0.39, 0.29) is 11.7 Å². The van der Waals surface area contributed by atoms with E-state index in [2.05, 4.69) is 35.2 Å². The zero-order chi connectivity index (χ0) is 17.1. The summed E-state index contributed by atoms with van der Waals surface area (Å²) in [5.41, 5.74) is 1.82. The van der Waals surface area contributed by atoms with Crippen LogP contribution < -0.4 is 0 Å². The van der Waals surface area contributed by atoms with E-state index < -0.39 is 6.10 Å². The van der Waals surface area contributed by atoms with Crippen LogP contribution in [0.1, 0.15) is 23.1 Å². The molecule has 0 aromatic heterocycles. The molecule has 0 unspecified atom stereocenters. The highest BCUT2D eigenvalue weighted by molar-refractivity contribution is 5.83. The summed E-state index contributed by atoms with van der Waals surface area (Å²) in [4.78, 5) is 2.06. The van der Waals surface area contributed by atoms with Gasteiger partial charge >= 0.3 is 0 Å². The quantitative estimate of drug-likeness (QED) is 0.754. The molecule has 0 amide bonds. The molecule has 3 aromatic carbocycles. The van der Waals surface area contributed by atoms with Crippen LogP contribution in [0, 0.1) is 5.82 Å². The van der Waals surface area contributed by atoms with Crippen LogP contribution in [0.15, 0.2) is 66.7 Å². The van der Waals surface area contributed by atoms with Gasteiger partial charge in [-0.3, -0.25) is 0 Å². The summed E-state index contributed by atoms with van der Waals surface area (Å²) in [5, 5.41) is 13.2. The fourth-order valence-corrected chi connectivity index (χ4v) is 3.11. The van der Waals surface area contributed by atoms with Gasteiger partial charge in [-0.2, -0.15) is 0 Å². The Balaban J connectivity index is 1.99. The van der Waals surface area contributed by atoms with Crippen molar-refractivity contribution in [1.29, 1.82) is 0 Å². The number of likely N-dealkylation sites (N-methyl/N-ethyl adjacent to an activating group) is 1. The molecule has 0 spiro atoms. The van der Waals surface area contributed by atoms with Gasteiger partial charge in [0.1, 0.15) is 5.82 Å². The first-order chi connectivity index (χ1) is 11.5. The van der Waals surface area contributed by atoms with Crippen molar-refractivity contribution in [1.82, 2.24) is 4.90 Å². The number of aliphatic hydroxyl groups excluding tert-OH is 1. The van der Waals surface area contributed by atoms with Crippen LogP contribution >= 0.6 is 0 Å². The summed E-state index contributed by atoms with van der Waals surface area (Å²) in [6.45, 7) is 0.705. The van der Waals surface area contributed by atoms with Gasteiger partial charge in [-0.05, 0) is 48.1 Å². The lowest BCUT2D eigenvalue weighted by molar-refractivity contribution is 0.128. The summed E-state index contributed by atoms with van der Waals surface area (Å²) >= 11 is 0. The minimum Gasteiger partial charge on any atom is -0.388 e. The van der Waals surface area contributed by atoms with Crippen molar-refractivity contribution in [2.24, 2.45) is 0 Å². The Morgan fingerprint density at radius 1 is 0.875 bits per heavy atom. The molecule has 24 heavy (non-hydrogen) atoms. The molecule has 0 aliphatic carbocycles. The molecule has 0 aliphatic rings. The van der Waals surface area contributed by atoms with Crippen molar-refractivity contribution >= 4 is 10.8 Å². The van der Waals surface area contributed by atoms with Crippen molar-refractivity contribution in [2.75, 3.05) is 20.6 Å². The van der Waals surface area contributed by atoms with Gasteiger partial charge in [0.05, 0.1) is 6.10 Å². The number of nitrogens with zero attached hydrogens (tertiary/aromatic N) is 1. The number of rotatable bonds is 5. The standard InChI is InChI=1S/C21H22FNO/c1-23(2)14-20(21(24)16-9-11-19(22)12-10-16)18-8-7-15-5-3-4-6-17(15)13-18/h3-13,20-21,24H,14H2,1-2H3/t20-,21+/m0/s1. The largest absolute Gasteiger partial charge is 0.388 e. The maximum atomic E-state index is 13.2. The molecule has 0 saturated carbocycles. The van der Waals surface area contributed by atoms with E-state index in [1.165, 1.54) is 17.5 Å². The van der Waals surface area contributed by atoms with Crippen LogP contribution in [0.5, 0.6) is 0 Å². The van der Waals surface area contributed by atoms with E-state index in [0.29, 0.717) is 6.54 Å². The van der Waals surface area contributed by atoms with Crippen molar-refractivity contribution in [3.05, 3.63) is 83.7 Å². The molecule has 0 aliphatic heterocycles. The van der Waals surface area contributed by atoms with E-state index in [9.17, 15) is 9.50 Å². The average Bonchev–Trinajstić information content (AvgIpc) is 2.59. The summed E-state index contributed by atoms with van der Waals surface area (Å²) in [5.74, 6) is -0.379. The first kappa shape index (κ1) is 16.6. The zero-order valence-electron chi connectivity index (χ0n) is 14.0. The van der Waals surface area contributed by atoms with E-state index >= 15 is 0 Å². The number of aliphatic hydroxyl groups is 1. The van der Waals surface area contributed by atoms with Crippen LogP contribution in [0.2, 0.25) is 0 Å². The first-order valence-corrected chi connectivity index (χ1v) is 8.11. The van der Waals surface area contributed by atoms with Crippen LogP contribution in [0.25, 0.3) is 10.8 Å². The highest BCUT2D eigenvalue weighted by Gasteiger charge is 2.23. The van der Waals surface area contributed by atoms with Crippen molar-refractivity contribution in [3.8, 4) is 0 Å². The molecular weight excluding hydrogens is 301 g/mol. The van der Waals surface area contributed by atoms with Gasteiger partial charge in [0.2, 0.25) is 0 Å². The average molecular weight is 323 g/mol. The summed E-state index contributed by atoms with van der Waals surface area (Å²) in [6, 6.07) is 20.6. The van der Waals surface area contributed by atoms with Gasteiger partial charge in [0, 0.05) is 12.5 Å². The predicted octanol–water partition coefficient (Wildman–Crippen LogP) is 4.36. The molecule has 1 N–H and O–H groups in total. The maximum Gasteiger partial charge on any atom is 0.123 e. The Hall–Kier alpha value is -2.23. The second-order valence-electron chi connectivity index (χ2n) is 6.47. The lowest BCUT2D eigenvalue weighted by atomic mass is 9.87. The zero-order valence-corrected chi connectivity index (χ0v) is 14.0. The second kappa shape index (κ2) is 7.12. The highest BCUT2D eigenvalue weighted by atomic mass is 19.1. The van der Waals surface area contributed by atoms with Gasteiger partial charge in [-0.25, -0.2) is 4.39 Å². The summed E-state index contributed by atoms with van der Waals surface area (Å²) in [6.07, 6.45) is -0.686. The lowest BCUT2D eigenvalue weighted by Crippen LogP contribution is -2.25. The highest BCUT2D eigenvalue weighted by Crippen LogP contribution is 2.33. The van der Waals surface area contributed by atoms with Crippen LogP contribution in [-0.2, 0) is 0 Å². The maximum absolute atomic E-state index is 13.2. The van der Waals surface area contributed by atoms with Crippen molar-refractivity contribution in [2.45, 2.75) is 12.0 Å². The first-order valence-electron chi connectivity index (χ1n) is 8.11. The number of fused-ring (bicyclic) bond motifs is 1. The van der Waals surface area contributed by atoms with Crippen LogP contribution in [-0.4, -0.2) is 30.6 Å². The van der Waals surface area contributed by atoms with Gasteiger partial charge in [0.15, 0.2) is 0 Å². The molecule has 2 atom stereocenters. The predicted molar refractivity (Wildman–Crippen MR) is 96.6 cm³/mol. The van der Waals surface area contributed by atoms with Gasteiger partial charge in [-0.1, -0.05) is 54.6 Å². The molecule has 124 valence electrons. The Morgan fingerprint density at radius 3 is 2.17 bits per heavy atom. The smallest absolute Gasteiger partial charge is 0.123 e. The third-order valence-electron chi connectivity index (χ3n) is 4.36. The normalized spacial score (nSPS) is 14.0. The van der Waals surface area contributed by atoms with E-state index in [1.807, 2.05) is 26.2 Å². The molecular formula is C21H22FNO. The molecule has 3 heteroatoms. The van der Waals surface area contributed by atoms with Gasteiger partial charge in [0.25, 0.3) is 0 Å². The molecule has 0 saturated heterocycles. The van der Waals surface area contributed by atoms with Gasteiger partial charge in [-0.15, -0.1) is 0 Å². The SMILES string of the molecule is CN(C)C[C@@H](c1ccc2ccccc2c1)[C@H](O)c1ccc(F)cc1. The monoisotopic (exact) mass is 323 g/mol. The third kappa shape index (κ3) is 3.64. The van der Waals surface area contributed by atoms with E-state index in [4.69, 9.17) is 0 Å². The number of halogens is 1. The topological polar surface area (TPSA) is 23.5 Å². The Kier molecular flexibility index (Phi) is 4.93. The van der Waals surface area contributed by atoms with E-state index in [0.717, 1.165) is 16.5 Å². The molecule has 3 rings (SSSR count). The summed E-state index contributed by atoms with van der Waals surface area (Å²) < 4.78 is 13.2. The van der Waals surface area contributed by atoms with Crippen LogP contribution in [0.3, 0.4) is 0 Å². The Labute approximate surface area is 142 Å². The van der Waals surface area contributed by atoms with E-state index in [1.54, 1.807) is 12.1 Å². The molecule has 0 radical (unpaired) electrons. The fraction of sp³-hybridized carbons (Fsp3) is 0.238. The Bertz CT molecular complexity index is 813. The number of hydrogen-bond acceptors (Lipinski definition) is 2. The van der Waals surface area contributed by atoms with Crippen molar-refractivity contribution < 1.29 is 9.50 Å².